The van der Waals surface area contributed by atoms with E-state index in [1.807, 2.05) is 32.0 Å². The Morgan fingerprint density at radius 1 is 0.853 bits per heavy atom. The molecule has 3 rings (SSSR count). The van der Waals surface area contributed by atoms with Crippen molar-refractivity contribution in [2.75, 3.05) is 26.1 Å². The number of carbonyl (C=O) groups excluding carboxylic acids is 2. The Balaban J connectivity index is 1.62. The third-order valence-electron chi connectivity index (χ3n) is 5.06. The molecule has 0 radical (unpaired) electrons. The summed E-state index contributed by atoms with van der Waals surface area (Å²) in [6.45, 7) is 4.31. The number of nitrogens with one attached hydrogen (secondary N) is 2. The van der Waals surface area contributed by atoms with Crippen LogP contribution < -0.4 is 24.8 Å². The lowest BCUT2D eigenvalue weighted by Crippen LogP contribution is -2.27. The minimum Gasteiger partial charge on any atom is -0.493 e. The summed E-state index contributed by atoms with van der Waals surface area (Å²) < 4.78 is 16.2. The summed E-state index contributed by atoms with van der Waals surface area (Å²) in [7, 11) is 3.17. The van der Waals surface area contributed by atoms with Crippen LogP contribution in [0.1, 0.15) is 40.1 Å². The first-order valence-corrected chi connectivity index (χ1v) is 11.1. The first kappa shape index (κ1) is 24.6. The van der Waals surface area contributed by atoms with Gasteiger partial charge in [-0.2, -0.15) is 0 Å². The molecule has 0 heterocycles. The minimum absolute atomic E-state index is 0.0526. The van der Waals surface area contributed by atoms with Crippen molar-refractivity contribution in [3.63, 3.8) is 0 Å². The highest BCUT2D eigenvalue weighted by Gasteiger charge is 2.14. The number of methoxy groups -OCH3 is 2. The largest absolute Gasteiger partial charge is 0.493 e. The smallest absolute Gasteiger partial charge is 0.255 e. The average Bonchev–Trinajstić information content (AvgIpc) is 2.84. The van der Waals surface area contributed by atoms with E-state index in [0.29, 0.717) is 47.0 Å². The third-order valence-corrected chi connectivity index (χ3v) is 5.06. The number of benzene rings is 3. The van der Waals surface area contributed by atoms with E-state index >= 15 is 0 Å². The summed E-state index contributed by atoms with van der Waals surface area (Å²) in [5.74, 6) is 1.42. The molecule has 7 nitrogen and oxygen atoms in total. The average molecular weight is 463 g/mol. The van der Waals surface area contributed by atoms with E-state index in [4.69, 9.17) is 14.2 Å². The molecule has 0 bridgehead atoms. The predicted octanol–water partition coefficient (Wildman–Crippen LogP) is 4.72. The number of carbonyl (C=O) groups is 2. The molecule has 0 fully saturated rings. The van der Waals surface area contributed by atoms with Gasteiger partial charge in [-0.25, -0.2) is 0 Å². The number of para-hydroxylation sites is 1. The molecule has 0 aliphatic heterocycles. The van der Waals surface area contributed by atoms with Crippen molar-refractivity contribution in [1.29, 1.82) is 0 Å². The molecule has 0 atom stereocenters. The van der Waals surface area contributed by atoms with Gasteiger partial charge in [0, 0.05) is 12.1 Å². The van der Waals surface area contributed by atoms with Crippen molar-refractivity contribution < 1.29 is 23.8 Å². The fraction of sp³-hybridized carbons (Fsp3) is 0.259. The van der Waals surface area contributed by atoms with Gasteiger partial charge in [-0.15, -0.1) is 0 Å². The van der Waals surface area contributed by atoms with Gasteiger partial charge in [-0.1, -0.05) is 18.2 Å². The SMILES string of the molecule is COc1ccc(CCNC(=O)c2ccccc2NC(=O)c2ccc(OC(C)C)cc2)cc1OC. The van der Waals surface area contributed by atoms with E-state index < -0.39 is 0 Å². The first-order valence-electron chi connectivity index (χ1n) is 11.1. The first-order chi connectivity index (χ1) is 16.4. The lowest BCUT2D eigenvalue weighted by Gasteiger charge is -2.13. The van der Waals surface area contributed by atoms with Gasteiger partial charge in [0.05, 0.1) is 31.6 Å². The van der Waals surface area contributed by atoms with E-state index in [1.165, 1.54) is 0 Å². The van der Waals surface area contributed by atoms with Crippen LogP contribution in [0.3, 0.4) is 0 Å². The van der Waals surface area contributed by atoms with Gasteiger partial charge in [0.15, 0.2) is 11.5 Å². The van der Waals surface area contributed by atoms with Crippen LogP contribution in [0.2, 0.25) is 0 Å². The number of amides is 2. The molecule has 0 spiro atoms. The summed E-state index contributed by atoms with van der Waals surface area (Å²) in [6, 6.07) is 19.5. The van der Waals surface area contributed by atoms with Crippen LogP contribution in [0.15, 0.2) is 66.7 Å². The maximum absolute atomic E-state index is 12.8. The third kappa shape index (κ3) is 6.51. The molecule has 2 N–H and O–H groups in total. The van der Waals surface area contributed by atoms with Crippen molar-refractivity contribution >= 4 is 17.5 Å². The summed E-state index contributed by atoms with van der Waals surface area (Å²) >= 11 is 0. The molecule has 3 aromatic rings. The number of anilines is 1. The van der Waals surface area contributed by atoms with Gasteiger partial charge in [0.25, 0.3) is 11.8 Å². The van der Waals surface area contributed by atoms with Crippen LogP contribution in [-0.4, -0.2) is 38.7 Å². The summed E-state index contributed by atoms with van der Waals surface area (Å²) in [5, 5.41) is 5.75. The molecule has 0 aliphatic carbocycles. The number of hydrogen-bond donors (Lipinski definition) is 2. The van der Waals surface area contributed by atoms with Crippen molar-refractivity contribution in [3.05, 3.63) is 83.4 Å². The lowest BCUT2D eigenvalue weighted by atomic mass is 10.1. The van der Waals surface area contributed by atoms with Gasteiger partial charge < -0.3 is 24.8 Å². The highest BCUT2D eigenvalue weighted by atomic mass is 16.5. The maximum Gasteiger partial charge on any atom is 0.255 e. The van der Waals surface area contributed by atoms with Crippen LogP contribution in [0.25, 0.3) is 0 Å². The summed E-state index contributed by atoms with van der Waals surface area (Å²) in [4.78, 5) is 25.5. The summed E-state index contributed by atoms with van der Waals surface area (Å²) in [6.07, 6.45) is 0.669. The number of rotatable bonds is 10. The van der Waals surface area contributed by atoms with Crippen LogP contribution in [0.5, 0.6) is 17.2 Å². The molecule has 34 heavy (non-hydrogen) atoms. The Hall–Kier alpha value is -4.00. The second-order valence-electron chi connectivity index (χ2n) is 7.89. The Kier molecular flexibility index (Phi) is 8.51. The van der Waals surface area contributed by atoms with Gasteiger partial charge >= 0.3 is 0 Å². The Morgan fingerprint density at radius 3 is 2.24 bits per heavy atom. The molecule has 0 saturated heterocycles. The molecule has 0 saturated carbocycles. The van der Waals surface area contributed by atoms with E-state index in [-0.39, 0.29) is 17.9 Å². The molecule has 0 aliphatic rings. The second kappa shape index (κ2) is 11.7. The fourth-order valence-electron chi connectivity index (χ4n) is 3.39. The monoisotopic (exact) mass is 462 g/mol. The van der Waals surface area contributed by atoms with E-state index in [0.717, 1.165) is 5.56 Å². The molecule has 0 aromatic heterocycles. The van der Waals surface area contributed by atoms with Gasteiger partial charge in [0.2, 0.25) is 0 Å². The molecular formula is C27H30N2O5. The fourth-order valence-corrected chi connectivity index (χ4v) is 3.39. The standard InChI is InChI=1S/C27H30N2O5/c1-18(2)34-21-12-10-20(11-13-21)26(30)29-23-8-6-5-7-22(23)27(31)28-16-15-19-9-14-24(32-3)25(17-19)33-4/h5-14,17-18H,15-16H2,1-4H3,(H,28,31)(H,29,30). The van der Waals surface area contributed by atoms with Crippen molar-refractivity contribution in [2.24, 2.45) is 0 Å². The number of hydrogen-bond acceptors (Lipinski definition) is 5. The summed E-state index contributed by atoms with van der Waals surface area (Å²) in [5.41, 5.74) is 2.31. The molecule has 7 heteroatoms. The lowest BCUT2D eigenvalue weighted by molar-refractivity contribution is 0.0955. The highest BCUT2D eigenvalue weighted by Crippen LogP contribution is 2.27. The van der Waals surface area contributed by atoms with Crippen LogP contribution in [0.4, 0.5) is 5.69 Å². The van der Waals surface area contributed by atoms with Crippen molar-refractivity contribution in [1.82, 2.24) is 5.32 Å². The maximum atomic E-state index is 12.8. The van der Waals surface area contributed by atoms with Crippen molar-refractivity contribution in [3.8, 4) is 17.2 Å². The quantitative estimate of drug-likeness (QED) is 0.456. The second-order valence-corrected chi connectivity index (χ2v) is 7.89. The van der Waals surface area contributed by atoms with Crippen LogP contribution in [0, 0.1) is 0 Å². The van der Waals surface area contributed by atoms with Crippen LogP contribution >= 0.6 is 0 Å². The molecule has 2 amide bonds. The minimum atomic E-state index is -0.304. The zero-order valence-electron chi connectivity index (χ0n) is 19.9. The van der Waals surface area contributed by atoms with E-state index in [1.54, 1.807) is 62.8 Å². The molecule has 0 unspecified atom stereocenters. The predicted molar refractivity (Wildman–Crippen MR) is 132 cm³/mol. The van der Waals surface area contributed by atoms with Gasteiger partial charge in [-0.05, 0) is 74.4 Å². The highest BCUT2D eigenvalue weighted by molar-refractivity contribution is 6.09. The van der Waals surface area contributed by atoms with Gasteiger partial charge in [-0.3, -0.25) is 9.59 Å². The zero-order chi connectivity index (χ0) is 24.5. The van der Waals surface area contributed by atoms with E-state index in [2.05, 4.69) is 10.6 Å². The molecular weight excluding hydrogens is 432 g/mol. The topological polar surface area (TPSA) is 85.9 Å². The van der Waals surface area contributed by atoms with Crippen LogP contribution in [-0.2, 0) is 6.42 Å². The Morgan fingerprint density at radius 2 is 1.56 bits per heavy atom. The molecule has 178 valence electrons. The Labute approximate surface area is 200 Å². The van der Waals surface area contributed by atoms with Crippen molar-refractivity contribution in [2.45, 2.75) is 26.4 Å². The number of ether oxygens (including phenoxy) is 3. The zero-order valence-corrected chi connectivity index (χ0v) is 19.9. The van der Waals surface area contributed by atoms with Gasteiger partial charge in [0.1, 0.15) is 5.75 Å². The normalized spacial score (nSPS) is 10.5. The molecule has 3 aromatic carbocycles. The Bertz CT molecular complexity index is 1130. The van der Waals surface area contributed by atoms with E-state index in [9.17, 15) is 9.59 Å².